The zero-order valence-electron chi connectivity index (χ0n) is 11.7. The molecule has 1 heterocycles. The predicted molar refractivity (Wildman–Crippen MR) is 78.3 cm³/mol. The van der Waals surface area contributed by atoms with Crippen LogP contribution in [-0.2, 0) is 11.2 Å². The lowest BCUT2D eigenvalue weighted by Gasteiger charge is -2.26. The molecular weight excluding hydrogens is 234 g/mol. The highest BCUT2D eigenvalue weighted by atomic mass is 16.5. The summed E-state index contributed by atoms with van der Waals surface area (Å²) in [5.41, 5.74) is 3.07. The van der Waals surface area contributed by atoms with Crippen molar-refractivity contribution >= 4 is 0 Å². The summed E-state index contributed by atoms with van der Waals surface area (Å²) in [5, 5.41) is 3.76. The molecule has 0 radical (unpaired) electrons. The van der Waals surface area contributed by atoms with Crippen molar-refractivity contribution in [2.45, 2.75) is 57.1 Å². The zero-order chi connectivity index (χ0) is 12.9. The molecule has 1 aromatic rings. The number of fused-ring (bicyclic) bond motifs is 1. The molecule has 1 fully saturated rings. The van der Waals surface area contributed by atoms with Gasteiger partial charge in [0.1, 0.15) is 0 Å². The Bertz CT molecular complexity index is 398. The third-order valence-electron chi connectivity index (χ3n) is 4.49. The molecule has 0 aromatic heterocycles. The van der Waals surface area contributed by atoms with E-state index in [4.69, 9.17) is 4.74 Å². The Morgan fingerprint density at radius 1 is 1.05 bits per heavy atom. The van der Waals surface area contributed by atoms with Gasteiger partial charge in [-0.2, -0.15) is 0 Å². The Morgan fingerprint density at radius 3 is 2.84 bits per heavy atom. The smallest absolute Gasteiger partial charge is 0.0699 e. The predicted octanol–water partition coefficient (Wildman–Crippen LogP) is 3.61. The van der Waals surface area contributed by atoms with E-state index in [2.05, 4.69) is 29.6 Å². The molecule has 1 aliphatic heterocycles. The molecular formula is C17H25NO. The molecule has 2 aliphatic rings. The fourth-order valence-corrected chi connectivity index (χ4v) is 3.38. The third-order valence-corrected chi connectivity index (χ3v) is 4.49. The van der Waals surface area contributed by atoms with Gasteiger partial charge in [0, 0.05) is 19.2 Å². The first-order valence-corrected chi connectivity index (χ1v) is 7.86. The minimum Gasteiger partial charge on any atom is -0.377 e. The quantitative estimate of drug-likeness (QED) is 0.837. The van der Waals surface area contributed by atoms with Crippen LogP contribution in [0.4, 0.5) is 0 Å². The molecule has 3 rings (SSSR count). The van der Waals surface area contributed by atoms with Crippen LogP contribution in [0.25, 0.3) is 0 Å². The molecule has 2 nitrogen and oxygen atoms in total. The topological polar surface area (TPSA) is 21.3 Å². The highest BCUT2D eigenvalue weighted by Gasteiger charge is 2.20. The van der Waals surface area contributed by atoms with Crippen LogP contribution in [0.1, 0.15) is 55.7 Å². The zero-order valence-corrected chi connectivity index (χ0v) is 11.7. The Kier molecular flexibility index (Phi) is 4.52. The van der Waals surface area contributed by atoms with Gasteiger partial charge in [-0.1, -0.05) is 30.7 Å². The lowest BCUT2D eigenvalue weighted by Crippen LogP contribution is -2.34. The van der Waals surface area contributed by atoms with E-state index in [1.165, 1.54) is 50.5 Å². The monoisotopic (exact) mass is 259 g/mol. The van der Waals surface area contributed by atoms with Gasteiger partial charge >= 0.3 is 0 Å². The molecule has 0 spiro atoms. The van der Waals surface area contributed by atoms with Crippen LogP contribution in [0.5, 0.6) is 0 Å². The van der Waals surface area contributed by atoms with E-state index < -0.39 is 0 Å². The fraction of sp³-hybridized carbons (Fsp3) is 0.647. The summed E-state index contributed by atoms with van der Waals surface area (Å²) in [7, 11) is 0. The molecule has 0 bridgehead atoms. The van der Waals surface area contributed by atoms with E-state index in [-0.39, 0.29) is 0 Å². The fourth-order valence-electron chi connectivity index (χ4n) is 3.38. The normalized spacial score (nSPS) is 27.6. The van der Waals surface area contributed by atoms with Crippen LogP contribution >= 0.6 is 0 Å². The second-order valence-corrected chi connectivity index (χ2v) is 5.89. The van der Waals surface area contributed by atoms with E-state index >= 15 is 0 Å². The molecule has 2 heteroatoms. The van der Waals surface area contributed by atoms with Gasteiger partial charge in [-0.3, -0.25) is 0 Å². The van der Waals surface area contributed by atoms with Gasteiger partial charge in [0.25, 0.3) is 0 Å². The molecule has 1 saturated heterocycles. The Morgan fingerprint density at radius 2 is 1.95 bits per heavy atom. The maximum atomic E-state index is 5.83. The molecule has 1 N–H and O–H groups in total. The van der Waals surface area contributed by atoms with E-state index in [0.717, 1.165) is 13.2 Å². The lowest BCUT2D eigenvalue weighted by molar-refractivity contribution is 0.0151. The molecule has 2 atom stereocenters. The van der Waals surface area contributed by atoms with Crippen molar-refractivity contribution in [3.8, 4) is 0 Å². The van der Waals surface area contributed by atoms with Gasteiger partial charge in [-0.15, -0.1) is 0 Å². The number of ether oxygens (including phenoxy) is 1. The van der Waals surface area contributed by atoms with Crippen molar-refractivity contribution < 1.29 is 4.74 Å². The largest absolute Gasteiger partial charge is 0.377 e. The number of benzene rings is 1. The number of rotatable bonds is 3. The maximum absolute atomic E-state index is 5.83. The molecule has 1 aliphatic carbocycles. The first-order chi connectivity index (χ1) is 9.43. The summed E-state index contributed by atoms with van der Waals surface area (Å²) in [6.45, 7) is 1.96. The minimum atomic E-state index is 0.434. The van der Waals surface area contributed by atoms with Crippen LogP contribution in [0, 0.1) is 0 Å². The summed E-state index contributed by atoms with van der Waals surface area (Å²) in [4.78, 5) is 0. The van der Waals surface area contributed by atoms with Gasteiger partial charge in [-0.05, 0) is 49.7 Å². The van der Waals surface area contributed by atoms with E-state index in [0.29, 0.717) is 12.1 Å². The molecule has 1 aromatic carbocycles. The third kappa shape index (κ3) is 3.37. The number of nitrogens with one attached hydrogen (secondary N) is 1. The van der Waals surface area contributed by atoms with Gasteiger partial charge in [0.15, 0.2) is 0 Å². The summed E-state index contributed by atoms with van der Waals surface area (Å²) in [6.07, 6.45) is 9.40. The minimum absolute atomic E-state index is 0.434. The van der Waals surface area contributed by atoms with Gasteiger partial charge in [-0.25, -0.2) is 0 Å². The summed E-state index contributed by atoms with van der Waals surface area (Å²) >= 11 is 0. The highest BCUT2D eigenvalue weighted by Crippen LogP contribution is 2.28. The van der Waals surface area contributed by atoms with Crippen LogP contribution in [-0.4, -0.2) is 19.3 Å². The van der Waals surface area contributed by atoms with Gasteiger partial charge in [0.2, 0.25) is 0 Å². The van der Waals surface area contributed by atoms with Crippen molar-refractivity contribution in [1.29, 1.82) is 0 Å². The van der Waals surface area contributed by atoms with Gasteiger partial charge in [0.05, 0.1) is 6.10 Å². The summed E-state index contributed by atoms with van der Waals surface area (Å²) < 4.78 is 5.83. The second-order valence-electron chi connectivity index (χ2n) is 5.89. The van der Waals surface area contributed by atoms with Crippen LogP contribution in [0.2, 0.25) is 0 Å². The Hall–Kier alpha value is -0.860. The lowest BCUT2D eigenvalue weighted by atomic mass is 9.98. The van der Waals surface area contributed by atoms with Crippen molar-refractivity contribution in [2.75, 3.05) is 13.2 Å². The second kappa shape index (κ2) is 6.53. The van der Waals surface area contributed by atoms with Crippen molar-refractivity contribution in [3.63, 3.8) is 0 Å². The summed E-state index contributed by atoms with van der Waals surface area (Å²) in [6, 6.07) is 9.48. The van der Waals surface area contributed by atoms with E-state index in [9.17, 15) is 0 Å². The average molecular weight is 259 g/mol. The molecule has 104 valence electrons. The molecule has 0 saturated carbocycles. The maximum Gasteiger partial charge on any atom is 0.0699 e. The van der Waals surface area contributed by atoms with Gasteiger partial charge < -0.3 is 10.1 Å². The standard InChI is InChI=1S/C17H25NO/c1-3-10-16-14(7-1)8-2-4-11-17(16)18-13-15-9-5-6-12-19-15/h1,3,7,10,15,17-18H,2,4-6,8-9,11-13H2. The van der Waals surface area contributed by atoms with Crippen LogP contribution in [0.15, 0.2) is 24.3 Å². The first-order valence-electron chi connectivity index (χ1n) is 7.86. The Balaban J connectivity index is 1.63. The van der Waals surface area contributed by atoms with Crippen molar-refractivity contribution in [1.82, 2.24) is 5.32 Å². The van der Waals surface area contributed by atoms with Crippen molar-refractivity contribution in [2.24, 2.45) is 0 Å². The van der Waals surface area contributed by atoms with E-state index in [1.807, 2.05) is 0 Å². The number of hydrogen-bond donors (Lipinski definition) is 1. The van der Waals surface area contributed by atoms with Crippen LogP contribution < -0.4 is 5.32 Å². The van der Waals surface area contributed by atoms with Crippen molar-refractivity contribution in [3.05, 3.63) is 35.4 Å². The summed E-state index contributed by atoms with van der Waals surface area (Å²) in [5.74, 6) is 0. The first kappa shape index (κ1) is 13.1. The average Bonchev–Trinajstić information content (AvgIpc) is 2.68. The van der Waals surface area contributed by atoms with E-state index in [1.54, 1.807) is 5.56 Å². The highest BCUT2D eigenvalue weighted by molar-refractivity contribution is 5.31. The Labute approximate surface area is 116 Å². The SMILES string of the molecule is c1ccc2c(c1)CCCCC2NCC1CCCCO1. The number of aryl methyl sites for hydroxylation is 1. The number of hydrogen-bond acceptors (Lipinski definition) is 2. The molecule has 0 amide bonds. The van der Waals surface area contributed by atoms with Crippen LogP contribution in [0.3, 0.4) is 0 Å². The molecule has 19 heavy (non-hydrogen) atoms. The molecule has 2 unspecified atom stereocenters.